The molecule has 0 atom stereocenters. The fourth-order valence-electron chi connectivity index (χ4n) is 1.93. The highest BCUT2D eigenvalue weighted by atomic mass is 79.9. The first-order valence-electron chi connectivity index (χ1n) is 6.88. The highest BCUT2D eigenvalue weighted by molar-refractivity contribution is 9.10. The minimum Gasteiger partial charge on any atom is -0.406 e. The van der Waals surface area contributed by atoms with Crippen molar-refractivity contribution in [2.45, 2.75) is 19.8 Å². The second kappa shape index (κ2) is 7.85. The van der Waals surface area contributed by atoms with Gasteiger partial charge in [-0.25, -0.2) is 0 Å². The van der Waals surface area contributed by atoms with E-state index in [1.807, 2.05) is 25.1 Å². The monoisotopic (exact) mass is 418 g/mol. The van der Waals surface area contributed by atoms with E-state index in [1.165, 1.54) is 18.2 Å². The normalized spacial score (nSPS) is 11.0. The molecule has 2 rings (SSSR count). The van der Waals surface area contributed by atoms with E-state index in [-0.39, 0.29) is 12.3 Å². The van der Waals surface area contributed by atoms with Crippen molar-refractivity contribution in [1.29, 1.82) is 0 Å². The summed E-state index contributed by atoms with van der Waals surface area (Å²) in [5.74, 6) is -0.260. The molecular formula is C16H14BrF3N2OS. The van der Waals surface area contributed by atoms with Gasteiger partial charge in [0.05, 0.1) is 0 Å². The Morgan fingerprint density at radius 2 is 1.96 bits per heavy atom. The molecule has 24 heavy (non-hydrogen) atoms. The molecule has 0 spiro atoms. The number of rotatable bonds is 4. The molecule has 8 heteroatoms. The van der Waals surface area contributed by atoms with Gasteiger partial charge in [-0.2, -0.15) is 0 Å². The Kier molecular flexibility index (Phi) is 6.06. The Morgan fingerprint density at radius 1 is 1.21 bits per heavy atom. The summed E-state index contributed by atoms with van der Waals surface area (Å²) >= 11 is 8.60. The molecule has 0 aliphatic heterocycles. The van der Waals surface area contributed by atoms with Gasteiger partial charge in [-0.3, -0.25) is 0 Å². The molecular weight excluding hydrogens is 405 g/mol. The number of hydrogen-bond donors (Lipinski definition) is 2. The van der Waals surface area contributed by atoms with Crippen LogP contribution in [0.2, 0.25) is 0 Å². The summed E-state index contributed by atoms with van der Waals surface area (Å²) in [5, 5.41) is 6.34. The van der Waals surface area contributed by atoms with E-state index in [1.54, 1.807) is 6.07 Å². The zero-order chi connectivity index (χ0) is 17.7. The first kappa shape index (κ1) is 18.5. The molecule has 0 saturated carbocycles. The molecule has 0 aromatic heterocycles. The van der Waals surface area contributed by atoms with Crippen molar-refractivity contribution in [3.8, 4) is 5.75 Å². The number of nitrogens with one attached hydrogen (secondary N) is 2. The van der Waals surface area contributed by atoms with Crippen LogP contribution in [0, 0.1) is 6.92 Å². The number of alkyl halides is 3. The molecule has 0 bridgehead atoms. The van der Waals surface area contributed by atoms with Crippen LogP contribution in [0.3, 0.4) is 0 Å². The van der Waals surface area contributed by atoms with Crippen LogP contribution in [-0.2, 0) is 6.54 Å². The van der Waals surface area contributed by atoms with Crippen molar-refractivity contribution < 1.29 is 17.9 Å². The molecule has 2 aromatic carbocycles. The fraction of sp³-hybridized carbons (Fsp3) is 0.188. The Bertz CT molecular complexity index is 738. The lowest BCUT2D eigenvalue weighted by molar-refractivity contribution is -0.274. The molecule has 0 radical (unpaired) electrons. The van der Waals surface area contributed by atoms with Crippen LogP contribution in [0.5, 0.6) is 5.75 Å². The van der Waals surface area contributed by atoms with Gasteiger partial charge in [0.15, 0.2) is 5.11 Å². The van der Waals surface area contributed by atoms with E-state index in [4.69, 9.17) is 12.2 Å². The number of benzene rings is 2. The van der Waals surface area contributed by atoms with E-state index in [0.29, 0.717) is 10.7 Å². The minimum absolute atomic E-state index is 0.260. The third-order valence-corrected chi connectivity index (χ3v) is 4.14. The standard InChI is InChI=1S/C16H14BrF3N2OS/c1-10-7-12(5-6-14(10)17)22-15(24)21-9-11-3-2-4-13(8-11)23-16(18,19)20/h2-8H,9H2,1H3,(H2,21,22,24). The Labute approximate surface area is 151 Å². The van der Waals surface area contributed by atoms with Crippen LogP contribution in [0.1, 0.15) is 11.1 Å². The van der Waals surface area contributed by atoms with Crippen LogP contribution < -0.4 is 15.4 Å². The second-order valence-electron chi connectivity index (χ2n) is 4.97. The van der Waals surface area contributed by atoms with Gasteiger partial charge in [0.1, 0.15) is 5.75 Å². The van der Waals surface area contributed by atoms with Crippen LogP contribution in [0.15, 0.2) is 46.9 Å². The number of ether oxygens (including phenoxy) is 1. The van der Waals surface area contributed by atoms with Crippen molar-refractivity contribution in [1.82, 2.24) is 5.32 Å². The highest BCUT2D eigenvalue weighted by Crippen LogP contribution is 2.23. The quantitative estimate of drug-likeness (QED) is 0.673. The molecule has 0 heterocycles. The summed E-state index contributed by atoms with van der Waals surface area (Å²) in [5.41, 5.74) is 2.50. The minimum atomic E-state index is -4.71. The zero-order valence-electron chi connectivity index (χ0n) is 12.6. The Balaban J connectivity index is 1.91. The maximum Gasteiger partial charge on any atom is 0.573 e. The number of halogens is 4. The third kappa shape index (κ3) is 6.01. The van der Waals surface area contributed by atoms with Crippen LogP contribution in [-0.4, -0.2) is 11.5 Å². The van der Waals surface area contributed by atoms with Crippen LogP contribution in [0.4, 0.5) is 18.9 Å². The molecule has 0 saturated heterocycles. The van der Waals surface area contributed by atoms with Gasteiger partial charge in [0.2, 0.25) is 0 Å². The SMILES string of the molecule is Cc1cc(NC(=S)NCc2cccc(OC(F)(F)F)c2)ccc1Br. The van der Waals surface area contributed by atoms with E-state index in [2.05, 4.69) is 31.3 Å². The molecule has 0 amide bonds. The van der Waals surface area contributed by atoms with Gasteiger partial charge < -0.3 is 15.4 Å². The lowest BCUT2D eigenvalue weighted by Crippen LogP contribution is -2.28. The molecule has 0 aliphatic rings. The van der Waals surface area contributed by atoms with Gasteiger partial charge in [-0.15, -0.1) is 13.2 Å². The molecule has 0 aliphatic carbocycles. The van der Waals surface area contributed by atoms with Crippen molar-refractivity contribution >= 4 is 38.9 Å². The molecule has 128 valence electrons. The largest absolute Gasteiger partial charge is 0.573 e. The van der Waals surface area contributed by atoms with Gasteiger partial charge in [-0.05, 0) is 60.6 Å². The van der Waals surface area contributed by atoms with Crippen LogP contribution in [0.25, 0.3) is 0 Å². The third-order valence-electron chi connectivity index (χ3n) is 3.00. The summed E-state index contributed by atoms with van der Waals surface area (Å²) in [7, 11) is 0. The lowest BCUT2D eigenvalue weighted by Gasteiger charge is -2.13. The molecule has 3 nitrogen and oxygen atoms in total. The molecule has 0 unspecified atom stereocenters. The second-order valence-corrected chi connectivity index (χ2v) is 6.23. The van der Waals surface area contributed by atoms with Crippen LogP contribution >= 0.6 is 28.1 Å². The number of thiocarbonyl (C=S) groups is 1. The molecule has 0 fully saturated rings. The van der Waals surface area contributed by atoms with Crippen molar-refractivity contribution in [3.05, 3.63) is 58.1 Å². The molecule has 2 aromatic rings. The van der Waals surface area contributed by atoms with Gasteiger partial charge >= 0.3 is 6.36 Å². The summed E-state index contributed by atoms with van der Waals surface area (Å²) < 4.78 is 41.5. The maximum absolute atomic E-state index is 12.2. The Morgan fingerprint density at radius 3 is 2.62 bits per heavy atom. The number of anilines is 1. The number of hydrogen-bond acceptors (Lipinski definition) is 2. The summed E-state index contributed by atoms with van der Waals surface area (Å²) in [6.07, 6.45) is -4.71. The van der Waals surface area contributed by atoms with E-state index < -0.39 is 6.36 Å². The predicted octanol–water partition coefficient (Wildman–Crippen LogP) is 5.14. The van der Waals surface area contributed by atoms with Crippen molar-refractivity contribution in [2.75, 3.05) is 5.32 Å². The average molecular weight is 419 g/mol. The predicted molar refractivity (Wildman–Crippen MR) is 95.1 cm³/mol. The van der Waals surface area contributed by atoms with E-state index >= 15 is 0 Å². The van der Waals surface area contributed by atoms with Gasteiger partial charge in [0.25, 0.3) is 0 Å². The first-order chi connectivity index (χ1) is 11.2. The smallest absolute Gasteiger partial charge is 0.406 e. The zero-order valence-corrected chi connectivity index (χ0v) is 15.0. The summed E-state index contributed by atoms with van der Waals surface area (Å²) in [6, 6.07) is 11.4. The average Bonchev–Trinajstić information content (AvgIpc) is 2.48. The van der Waals surface area contributed by atoms with E-state index in [9.17, 15) is 13.2 Å². The lowest BCUT2D eigenvalue weighted by atomic mass is 10.2. The van der Waals surface area contributed by atoms with Gasteiger partial charge in [-0.1, -0.05) is 28.1 Å². The molecule has 2 N–H and O–H groups in total. The summed E-state index contributed by atoms with van der Waals surface area (Å²) in [4.78, 5) is 0. The van der Waals surface area contributed by atoms with Crippen molar-refractivity contribution in [3.63, 3.8) is 0 Å². The Hall–Kier alpha value is -1.80. The van der Waals surface area contributed by atoms with Gasteiger partial charge in [0, 0.05) is 16.7 Å². The van der Waals surface area contributed by atoms with E-state index in [0.717, 1.165) is 15.7 Å². The highest BCUT2D eigenvalue weighted by Gasteiger charge is 2.31. The fourth-order valence-corrected chi connectivity index (χ4v) is 2.37. The van der Waals surface area contributed by atoms with Crippen molar-refractivity contribution in [2.24, 2.45) is 0 Å². The maximum atomic E-state index is 12.2. The first-order valence-corrected chi connectivity index (χ1v) is 8.09. The topological polar surface area (TPSA) is 33.3 Å². The number of aryl methyl sites for hydroxylation is 1. The summed E-state index contributed by atoms with van der Waals surface area (Å²) in [6.45, 7) is 2.23.